The molecule has 1 heterocycles. The number of aromatic nitrogens is 3. The molecule has 0 radical (unpaired) electrons. The van der Waals surface area contributed by atoms with Gasteiger partial charge in [-0.1, -0.05) is 17.4 Å². The number of hydrogen-bond acceptors (Lipinski definition) is 4. The summed E-state index contributed by atoms with van der Waals surface area (Å²) in [5.41, 5.74) is 4.79. The highest BCUT2D eigenvalue weighted by Crippen LogP contribution is 2.21. The van der Waals surface area contributed by atoms with Crippen molar-refractivity contribution in [2.24, 2.45) is 5.73 Å². The van der Waals surface area contributed by atoms with Gasteiger partial charge in [-0.2, -0.15) is 0 Å². The predicted molar refractivity (Wildman–Crippen MR) is 57.4 cm³/mol. The van der Waals surface area contributed by atoms with Gasteiger partial charge >= 0.3 is 0 Å². The van der Waals surface area contributed by atoms with E-state index in [1.54, 1.807) is 0 Å². The number of nitrogens with zero attached hydrogens (tertiary/aromatic N) is 3. The van der Waals surface area contributed by atoms with E-state index < -0.39 is 6.43 Å². The summed E-state index contributed by atoms with van der Waals surface area (Å²) in [6.07, 6.45) is -2.71. The van der Waals surface area contributed by atoms with Crippen molar-refractivity contribution in [1.29, 1.82) is 0 Å². The summed E-state index contributed by atoms with van der Waals surface area (Å²) in [7, 11) is 0. The molecule has 0 spiro atoms. The maximum absolute atomic E-state index is 12.7. The van der Waals surface area contributed by atoms with Gasteiger partial charge in [-0.3, -0.25) is 0 Å². The lowest BCUT2D eigenvalue weighted by molar-refractivity contribution is 0.118. The highest BCUT2D eigenvalue weighted by atomic mass is 32.1. The first kappa shape index (κ1) is 12.9. The number of rotatable bonds is 6. The van der Waals surface area contributed by atoms with E-state index in [4.69, 9.17) is 10.5 Å². The molecule has 90 valence electrons. The van der Waals surface area contributed by atoms with E-state index in [1.165, 1.54) is 0 Å². The molecule has 16 heavy (non-hydrogen) atoms. The van der Waals surface area contributed by atoms with Crippen LogP contribution in [0.15, 0.2) is 0 Å². The Bertz CT molecular complexity index is 369. The standard InChI is InChI=1S/C8H12F2N4OS/c1-2-15-4-3-14-6(7(9)10)5(8(11)16)12-13-14/h7H,2-4H2,1H3,(H2,11,16). The Hall–Kier alpha value is -1.15. The van der Waals surface area contributed by atoms with Crippen molar-refractivity contribution in [3.05, 3.63) is 11.4 Å². The van der Waals surface area contributed by atoms with Crippen molar-refractivity contribution < 1.29 is 13.5 Å². The first-order valence-electron chi connectivity index (χ1n) is 4.67. The zero-order valence-corrected chi connectivity index (χ0v) is 9.51. The Kier molecular flexibility index (Phi) is 4.69. The molecule has 0 amide bonds. The lowest BCUT2D eigenvalue weighted by Gasteiger charge is -2.06. The van der Waals surface area contributed by atoms with Crippen LogP contribution in [-0.4, -0.2) is 33.2 Å². The SMILES string of the molecule is CCOCCn1nnc(C(N)=S)c1C(F)F. The normalized spacial score (nSPS) is 11.0. The molecule has 1 aromatic heterocycles. The highest BCUT2D eigenvalue weighted by Gasteiger charge is 2.23. The van der Waals surface area contributed by atoms with Crippen LogP contribution >= 0.6 is 12.2 Å². The monoisotopic (exact) mass is 250 g/mol. The second-order valence-corrected chi connectivity index (χ2v) is 3.35. The minimum absolute atomic E-state index is 0.124. The van der Waals surface area contributed by atoms with Crippen molar-refractivity contribution in [1.82, 2.24) is 15.0 Å². The van der Waals surface area contributed by atoms with Gasteiger partial charge in [0.1, 0.15) is 16.4 Å². The van der Waals surface area contributed by atoms with Crippen molar-refractivity contribution in [3.63, 3.8) is 0 Å². The molecule has 5 nitrogen and oxygen atoms in total. The van der Waals surface area contributed by atoms with Crippen LogP contribution in [0, 0.1) is 0 Å². The zero-order valence-electron chi connectivity index (χ0n) is 8.69. The molecule has 0 aliphatic rings. The Balaban J connectivity index is 2.87. The largest absolute Gasteiger partial charge is 0.388 e. The molecule has 0 saturated carbocycles. The van der Waals surface area contributed by atoms with Gasteiger partial charge in [-0.25, -0.2) is 13.5 Å². The summed E-state index contributed by atoms with van der Waals surface area (Å²) >= 11 is 4.61. The van der Waals surface area contributed by atoms with E-state index >= 15 is 0 Å². The molecule has 8 heteroatoms. The lowest BCUT2D eigenvalue weighted by atomic mass is 10.3. The fourth-order valence-electron chi connectivity index (χ4n) is 1.17. The molecule has 0 aromatic carbocycles. The number of thiocarbonyl (C=S) groups is 1. The van der Waals surface area contributed by atoms with Gasteiger partial charge in [0.15, 0.2) is 0 Å². The average molecular weight is 250 g/mol. The van der Waals surface area contributed by atoms with Crippen LogP contribution in [0.25, 0.3) is 0 Å². The third kappa shape index (κ3) is 2.92. The molecule has 0 aliphatic carbocycles. The number of hydrogen-bond donors (Lipinski definition) is 1. The fourth-order valence-corrected chi connectivity index (χ4v) is 1.32. The summed E-state index contributed by atoms with van der Waals surface area (Å²) in [5, 5.41) is 7.10. The number of nitrogens with two attached hydrogens (primary N) is 1. The third-order valence-corrected chi connectivity index (χ3v) is 2.06. The Morgan fingerprint density at radius 3 is 2.81 bits per heavy atom. The molecule has 0 bridgehead atoms. The molecular weight excluding hydrogens is 238 g/mol. The summed E-state index contributed by atoms with van der Waals surface area (Å²) in [4.78, 5) is -0.182. The van der Waals surface area contributed by atoms with Crippen molar-refractivity contribution in [3.8, 4) is 0 Å². The lowest BCUT2D eigenvalue weighted by Crippen LogP contribution is -2.16. The van der Waals surface area contributed by atoms with Crippen molar-refractivity contribution in [2.75, 3.05) is 13.2 Å². The molecule has 0 aliphatic heterocycles. The van der Waals surface area contributed by atoms with Crippen molar-refractivity contribution in [2.45, 2.75) is 19.9 Å². The van der Waals surface area contributed by atoms with Crippen LogP contribution in [0.3, 0.4) is 0 Å². The maximum atomic E-state index is 12.7. The molecule has 1 aromatic rings. The first-order valence-corrected chi connectivity index (χ1v) is 5.07. The van der Waals surface area contributed by atoms with Crippen LogP contribution in [-0.2, 0) is 11.3 Å². The van der Waals surface area contributed by atoms with E-state index in [9.17, 15) is 8.78 Å². The molecule has 2 N–H and O–H groups in total. The predicted octanol–water partition coefficient (Wildman–Crippen LogP) is 0.886. The number of alkyl halides is 2. The molecular formula is C8H12F2N4OS. The number of ether oxygens (including phenoxy) is 1. The fraction of sp³-hybridized carbons (Fsp3) is 0.625. The quantitative estimate of drug-likeness (QED) is 0.600. The van der Waals surface area contributed by atoms with Gasteiger partial charge in [0.05, 0.1) is 13.2 Å². The maximum Gasteiger partial charge on any atom is 0.282 e. The van der Waals surface area contributed by atoms with Gasteiger partial charge < -0.3 is 10.5 Å². The topological polar surface area (TPSA) is 66.0 Å². The summed E-state index contributed by atoms with van der Waals surface area (Å²) in [6.45, 7) is 2.82. The highest BCUT2D eigenvalue weighted by molar-refractivity contribution is 7.80. The van der Waals surface area contributed by atoms with E-state index in [-0.39, 0.29) is 29.5 Å². The van der Waals surface area contributed by atoms with Crippen LogP contribution < -0.4 is 5.73 Å². The van der Waals surface area contributed by atoms with Crippen LogP contribution in [0.5, 0.6) is 0 Å². The molecule has 0 fully saturated rings. The summed E-state index contributed by atoms with van der Waals surface area (Å²) < 4.78 is 31.6. The second kappa shape index (κ2) is 5.80. The Labute approximate surface area is 96.6 Å². The van der Waals surface area contributed by atoms with Gasteiger partial charge in [0.25, 0.3) is 6.43 Å². The van der Waals surface area contributed by atoms with Crippen molar-refractivity contribution >= 4 is 17.2 Å². The van der Waals surface area contributed by atoms with E-state index in [2.05, 4.69) is 22.5 Å². The smallest absolute Gasteiger partial charge is 0.282 e. The second-order valence-electron chi connectivity index (χ2n) is 2.91. The van der Waals surface area contributed by atoms with Crippen LogP contribution in [0.4, 0.5) is 8.78 Å². The number of halogens is 2. The zero-order chi connectivity index (χ0) is 12.1. The van der Waals surface area contributed by atoms with Crippen LogP contribution in [0.1, 0.15) is 24.7 Å². The van der Waals surface area contributed by atoms with Gasteiger partial charge in [-0.15, -0.1) is 5.10 Å². The molecule has 1 rings (SSSR count). The summed E-state index contributed by atoms with van der Waals surface area (Å²) in [6, 6.07) is 0. The molecule has 0 saturated heterocycles. The minimum atomic E-state index is -2.71. The molecule has 0 atom stereocenters. The summed E-state index contributed by atoms with van der Waals surface area (Å²) in [5.74, 6) is 0. The first-order chi connectivity index (χ1) is 7.57. The van der Waals surface area contributed by atoms with Gasteiger partial charge in [0, 0.05) is 6.61 Å². The van der Waals surface area contributed by atoms with E-state index in [0.29, 0.717) is 6.61 Å². The van der Waals surface area contributed by atoms with E-state index in [1.807, 2.05) is 6.92 Å². The molecule has 0 unspecified atom stereocenters. The van der Waals surface area contributed by atoms with Gasteiger partial charge in [-0.05, 0) is 6.92 Å². The van der Waals surface area contributed by atoms with Crippen LogP contribution in [0.2, 0.25) is 0 Å². The van der Waals surface area contributed by atoms with E-state index in [0.717, 1.165) is 4.68 Å². The Morgan fingerprint density at radius 2 is 2.31 bits per heavy atom. The van der Waals surface area contributed by atoms with Gasteiger partial charge in [0.2, 0.25) is 0 Å². The Morgan fingerprint density at radius 1 is 1.62 bits per heavy atom. The average Bonchev–Trinajstić information content (AvgIpc) is 2.62. The third-order valence-electron chi connectivity index (χ3n) is 1.87. The minimum Gasteiger partial charge on any atom is -0.388 e.